The van der Waals surface area contributed by atoms with Crippen LogP contribution < -0.4 is 11.1 Å². The largest absolute Gasteiger partial charge is 0.397 e. The van der Waals surface area contributed by atoms with E-state index in [0.29, 0.717) is 0 Å². The summed E-state index contributed by atoms with van der Waals surface area (Å²) < 4.78 is 33.4. The molecule has 0 saturated heterocycles. The standard InChI is InChI=1S/C22H16N2O6S/c1-11-6-8-12(9-7-11)22(27)24-15-10-16(31(28,29)30)19(23)18-17(15)20(25)13-4-2-3-5-14(13)21(18)26/h2-10H,23H2,1H3,(H,24,27)(H,28,29,30). The second kappa shape index (κ2) is 7.15. The molecule has 0 bridgehead atoms. The first-order valence-corrected chi connectivity index (χ1v) is 10.5. The fraction of sp³-hybridized carbons (Fsp3) is 0.0455. The number of benzene rings is 3. The molecular weight excluding hydrogens is 420 g/mol. The minimum Gasteiger partial charge on any atom is -0.397 e. The number of ketones is 2. The van der Waals surface area contributed by atoms with Gasteiger partial charge in [-0.25, -0.2) is 0 Å². The molecule has 0 aromatic heterocycles. The lowest BCUT2D eigenvalue weighted by Gasteiger charge is -2.23. The van der Waals surface area contributed by atoms with Crippen molar-refractivity contribution in [3.05, 3.63) is 88.0 Å². The third kappa shape index (κ3) is 3.39. The second-order valence-electron chi connectivity index (χ2n) is 7.08. The van der Waals surface area contributed by atoms with Crippen LogP contribution in [0.25, 0.3) is 0 Å². The van der Waals surface area contributed by atoms with Crippen LogP contribution in [0.15, 0.2) is 59.5 Å². The highest BCUT2D eigenvalue weighted by Gasteiger charge is 2.36. The normalized spacial score (nSPS) is 12.8. The summed E-state index contributed by atoms with van der Waals surface area (Å²) in [6, 6.07) is 13.4. The maximum Gasteiger partial charge on any atom is 0.296 e. The molecule has 0 saturated carbocycles. The number of anilines is 2. The zero-order valence-corrected chi connectivity index (χ0v) is 17.0. The Morgan fingerprint density at radius 2 is 1.48 bits per heavy atom. The molecule has 8 nitrogen and oxygen atoms in total. The number of aryl methyl sites for hydroxylation is 1. The molecule has 0 fully saturated rings. The third-order valence-corrected chi connectivity index (χ3v) is 5.93. The fourth-order valence-electron chi connectivity index (χ4n) is 3.51. The van der Waals surface area contributed by atoms with Gasteiger partial charge in [0.2, 0.25) is 0 Å². The number of nitrogens with two attached hydrogens (primary N) is 1. The van der Waals surface area contributed by atoms with Crippen LogP contribution in [0.4, 0.5) is 11.4 Å². The predicted octanol–water partition coefficient (Wildman–Crippen LogP) is 2.85. The molecule has 0 radical (unpaired) electrons. The molecule has 156 valence electrons. The Labute approximate surface area is 177 Å². The number of hydrogen-bond donors (Lipinski definition) is 3. The molecule has 1 aliphatic rings. The SMILES string of the molecule is Cc1ccc(C(=O)Nc2cc(S(=O)(=O)O)c(N)c3c2C(=O)c2ccccc2C3=O)cc1. The highest BCUT2D eigenvalue weighted by atomic mass is 32.2. The molecule has 4 rings (SSSR count). The lowest BCUT2D eigenvalue weighted by Crippen LogP contribution is -2.26. The van der Waals surface area contributed by atoms with E-state index in [9.17, 15) is 27.4 Å². The molecule has 1 aliphatic carbocycles. The number of fused-ring (bicyclic) bond motifs is 2. The first-order valence-electron chi connectivity index (χ1n) is 9.10. The Bertz CT molecular complexity index is 1390. The van der Waals surface area contributed by atoms with E-state index in [0.717, 1.165) is 11.6 Å². The average Bonchev–Trinajstić information content (AvgIpc) is 2.72. The van der Waals surface area contributed by atoms with Gasteiger partial charge in [0.1, 0.15) is 4.90 Å². The van der Waals surface area contributed by atoms with Crippen molar-refractivity contribution in [1.29, 1.82) is 0 Å². The summed E-state index contributed by atoms with van der Waals surface area (Å²) in [7, 11) is -4.85. The molecule has 31 heavy (non-hydrogen) atoms. The number of carbonyl (C=O) groups is 3. The number of rotatable bonds is 3. The summed E-state index contributed by atoms with van der Waals surface area (Å²) in [5.74, 6) is -1.91. The Hall–Kier alpha value is -3.82. The number of nitrogens with one attached hydrogen (secondary N) is 1. The molecule has 9 heteroatoms. The summed E-state index contributed by atoms with van der Waals surface area (Å²) >= 11 is 0. The van der Waals surface area contributed by atoms with Crippen LogP contribution in [0, 0.1) is 6.92 Å². The van der Waals surface area contributed by atoms with Gasteiger partial charge in [0.15, 0.2) is 11.6 Å². The maximum atomic E-state index is 13.2. The van der Waals surface area contributed by atoms with E-state index in [1.54, 1.807) is 36.4 Å². The fourth-order valence-corrected chi connectivity index (χ4v) is 4.15. The molecule has 0 heterocycles. The van der Waals surface area contributed by atoms with E-state index >= 15 is 0 Å². The van der Waals surface area contributed by atoms with Gasteiger partial charge in [-0.3, -0.25) is 18.9 Å². The Kier molecular flexibility index (Phi) is 4.72. The van der Waals surface area contributed by atoms with Crippen LogP contribution in [-0.2, 0) is 10.1 Å². The van der Waals surface area contributed by atoms with Crippen molar-refractivity contribution in [3.8, 4) is 0 Å². The summed E-state index contributed by atoms with van der Waals surface area (Å²) in [6.07, 6.45) is 0. The van der Waals surface area contributed by atoms with Gasteiger partial charge in [0.05, 0.1) is 22.5 Å². The lowest BCUT2D eigenvalue weighted by molar-refractivity contribution is 0.0979. The van der Waals surface area contributed by atoms with Crippen molar-refractivity contribution in [2.75, 3.05) is 11.1 Å². The summed E-state index contributed by atoms with van der Waals surface area (Å²) in [5, 5.41) is 2.48. The van der Waals surface area contributed by atoms with Crippen LogP contribution in [-0.4, -0.2) is 30.4 Å². The topological polar surface area (TPSA) is 144 Å². The highest BCUT2D eigenvalue weighted by molar-refractivity contribution is 7.86. The Balaban J connectivity index is 1.95. The number of amides is 1. The first-order chi connectivity index (χ1) is 14.6. The minimum atomic E-state index is -4.85. The van der Waals surface area contributed by atoms with Crippen molar-refractivity contribution in [2.45, 2.75) is 11.8 Å². The van der Waals surface area contributed by atoms with Crippen molar-refractivity contribution in [2.24, 2.45) is 0 Å². The summed E-state index contributed by atoms with van der Waals surface area (Å²) in [4.78, 5) is 38.2. The van der Waals surface area contributed by atoms with Gasteiger partial charge in [0, 0.05) is 16.7 Å². The van der Waals surface area contributed by atoms with E-state index in [1.807, 2.05) is 6.92 Å². The molecule has 3 aromatic rings. The molecule has 0 spiro atoms. The van der Waals surface area contributed by atoms with Gasteiger partial charge in [0.25, 0.3) is 16.0 Å². The van der Waals surface area contributed by atoms with E-state index < -0.39 is 38.2 Å². The second-order valence-corrected chi connectivity index (χ2v) is 8.47. The van der Waals surface area contributed by atoms with Gasteiger partial charge in [-0.2, -0.15) is 8.42 Å². The molecule has 1 amide bonds. The Morgan fingerprint density at radius 1 is 0.935 bits per heavy atom. The van der Waals surface area contributed by atoms with Crippen molar-refractivity contribution in [1.82, 2.24) is 0 Å². The molecule has 0 aliphatic heterocycles. The van der Waals surface area contributed by atoms with Crippen molar-refractivity contribution in [3.63, 3.8) is 0 Å². The molecule has 4 N–H and O–H groups in total. The van der Waals surface area contributed by atoms with E-state index in [4.69, 9.17) is 5.73 Å². The van der Waals surface area contributed by atoms with Crippen molar-refractivity contribution >= 4 is 39.0 Å². The van der Waals surface area contributed by atoms with Crippen LogP contribution >= 0.6 is 0 Å². The molecule has 0 unspecified atom stereocenters. The van der Waals surface area contributed by atoms with Crippen LogP contribution in [0.1, 0.15) is 47.8 Å². The number of nitrogen functional groups attached to an aromatic ring is 1. The average molecular weight is 436 g/mol. The summed E-state index contributed by atoms with van der Waals surface area (Å²) in [6.45, 7) is 1.85. The number of carbonyl (C=O) groups excluding carboxylic acids is 3. The zero-order valence-electron chi connectivity index (χ0n) is 16.2. The van der Waals surface area contributed by atoms with Gasteiger partial charge >= 0.3 is 0 Å². The van der Waals surface area contributed by atoms with E-state index in [2.05, 4.69) is 5.32 Å². The summed E-state index contributed by atoms with van der Waals surface area (Å²) in [5.41, 5.74) is 5.83. The molecular formula is C22H16N2O6S. The Morgan fingerprint density at radius 3 is 2.03 bits per heavy atom. The van der Waals surface area contributed by atoms with E-state index in [1.165, 1.54) is 12.1 Å². The van der Waals surface area contributed by atoms with Crippen molar-refractivity contribution < 1.29 is 27.4 Å². The first kappa shape index (κ1) is 20.5. The van der Waals surface area contributed by atoms with Crippen LogP contribution in [0.5, 0.6) is 0 Å². The molecule has 0 atom stereocenters. The molecule has 3 aromatic carbocycles. The van der Waals surface area contributed by atoms with Crippen LogP contribution in [0.3, 0.4) is 0 Å². The van der Waals surface area contributed by atoms with Crippen LogP contribution in [0.2, 0.25) is 0 Å². The third-order valence-electron chi connectivity index (χ3n) is 5.04. The van der Waals surface area contributed by atoms with Gasteiger partial charge < -0.3 is 11.1 Å². The van der Waals surface area contributed by atoms with E-state index in [-0.39, 0.29) is 33.5 Å². The zero-order chi connectivity index (χ0) is 22.5. The van der Waals surface area contributed by atoms with Gasteiger partial charge in [-0.15, -0.1) is 0 Å². The highest BCUT2D eigenvalue weighted by Crippen LogP contribution is 2.39. The predicted molar refractivity (Wildman–Crippen MR) is 113 cm³/mol. The van der Waals surface area contributed by atoms with Gasteiger partial charge in [-0.1, -0.05) is 42.0 Å². The maximum absolute atomic E-state index is 13.2. The minimum absolute atomic E-state index is 0.0509. The van der Waals surface area contributed by atoms with Gasteiger partial charge in [-0.05, 0) is 25.1 Å². The smallest absolute Gasteiger partial charge is 0.296 e. The monoisotopic (exact) mass is 436 g/mol. The lowest BCUT2D eigenvalue weighted by atomic mass is 9.82. The number of hydrogen-bond acceptors (Lipinski definition) is 6. The quantitative estimate of drug-likeness (QED) is 0.331.